The number of hydrogen-bond acceptors (Lipinski definition) is 5. The molecule has 0 bridgehead atoms. The van der Waals surface area contributed by atoms with E-state index in [1.54, 1.807) is 37.4 Å². The van der Waals surface area contributed by atoms with Gasteiger partial charge in [0.05, 0.1) is 17.1 Å². The molecule has 0 saturated heterocycles. The molecule has 0 aliphatic rings. The average molecular weight is 306 g/mol. The first kappa shape index (κ1) is 15.6. The van der Waals surface area contributed by atoms with Crippen molar-refractivity contribution < 1.29 is 8.42 Å². The van der Waals surface area contributed by atoms with Crippen LogP contribution in [0.5, 0.6) is 0 Å². The second-order valence-electron chi connectivity index (χ2n) is 4.71. The lowest BCUT2D eigenvalue weighted by Crippen LogP contribution is -2.24. The molecule has 0 spiro atoms. The Hall–Kier alpha value is -1.83. The molecule has 2 rings (SSSR count). The lowest BCUT2D eigenvalue weighted by Gasteiger charge is -2.09. The van der Waals surface area contributed by atoms with E-state index in [-0.39, 0.29) is 11.4 Å². The number of hydrogen-bond donors (Lipinski definition) is 2. The Labute approximate surface area is 124 Å². The normalized spacial score (nSPS) is 11.6. The van der Waals surface area contributed by atoms with Crippen molar-refractivity contribution in [2.45, 2.75) is 31.8 Å². The summed E-state index contributed by atoms with van der Waals surface area (Å²) in [6.45, 7) is 4.08. The maximum Gasteiger partial charge on any atom is 0.240 e. The number of nitrogens with two attached hydrogens (primary N) is 1. The van der Waals surface area contributed by atoms with Gasteiger partial charge >= 0.3 is 0 Å². The van der Waals surface area contributed by atoms with Crippen LogP contribution in [0.15, 0.2) is 35.4 Å². The molecule has 0 atom stereocenters. The van der Waals surface area contributed by atoms with Gasteiger partial charge in [0.25, 0.3) is 0 Å². The van der Waals surface area contributed by atoms with Crippen molar-refractivity contribution in [3.8, 4) is 0 Å². The summed E-state index contributed by atoms with van der Waals surface area (Å²) in [5.41, 5.74) is 8.03. The maximum absolute atomic E-state index is 12.3. The molecule has 2 aromatic rings. The highest BCUT2D eigenvalue weighted by Crippen LogP contribution is 2.15. The third kappa shape index (κ3) is 3.84. The molecular formula is C14H18N4O2S. The highest BCUT2D eigenvalue weighted by Gasteiger charge is 2.15. The van der Waals surface area contributed by atoms with Crippen LogP contribution in [0, 0.1) is 13.8 Å². The molecule has 6 nitrogen and oxygen atoms in total. The fourth-order valence-electron chi connectivity index (χ4n) is 1.89. The summed E-state index contributed by atoms with van der Waals surface area (Å²) in [5.74, 6) is 0.604. The fraction of sp³-hybridized carbons (Fsp3) is 0.286. The van der Waals surface area contributed by atoms with E-state index in [1.165, 1.54) is 0 Å². The first-order chi connectivity index (χ1) is 9.92. The van der Waals surface area contributed by atoms with Crippen LogP contribution in [-0.4, -0.2) is 18.4 Å². The fourth-order valence-corrected chi connectivity index (χ4v) is 2.94. The molecule has 7 heteroatoms. The van der Waals surface area contributed by atoms with Crippen molar-refractivity contribution in [2.24, 2.45) is 5.73 Å². The van der Waals surface area contributed by atoms with Crippen molar-refractivity contribution >= 4 is 10.0 Å². The number of aromatic nitrogens is 2. The number of aryl methyl sites for hydroxylation is 2. The standard InChI is InChI=1S/C14H18N4O2S/c1-10-3-4-14(7-12(10)8-15)21(19,20)17-9-13-5-6-16-11(2)18-13/h3-7,17H,8-9,15H2,1-2H3. The molecule has 0 amide bonds. The van der Waals surface area contributed by atoms with Crippen LogP contribution >= 0.6 is 0 Å². The number of rotatable bonds is 5. The van der Waals surface area contributed by atoms with Crippen molar-refractivity contribution in [1.29, 1.82) is 0 Å². The van der Waals surface area contributed by atoms with E-state index in [1.807, 2.05) is 6.92 Å². The monoisotopic (exact) mass is 306 g/mol. The van der Waals surface area contributed by atoms with Crippen LogP contribution in [0.25, 0.3) is 0 Å². The molecule has 0 aliphatic heterocycles. The van der Waals surface area contributed by atoms with E-state index >= 15 is 0 Å². The minimum Gasteiger partial charge on any atom is -0.326 e. The van der Waals surface area contributed by atoms with Crippen molar-refractivity contribution in [3.63, 3.8) is 0 Å². The molecular weight excluding hydrogens is 288 g/mol. The third-order valence-electron chi connectivity index (χ3n) is 3.13. The molecule has 0 unspecified atom stereocenters. The number of nitrogens with zero attached hydrogens (tertiary/aromatic N) is 2. The summed E-state index contributed by atoms with van der Waals surface area (Å²) in [5, 5.41) is 0. The second-order valence-corrected chi connectivity index (χ2v) is 6.48. The van der Waals surface area contributed by atoms with E-state index in [9.17, 15) is 8.42 Å². The van der Waals surface area contributed by atoms with Gasteiger partial charge in [0, 0.05) is 12.7 Å². The van der Waals surface area contributed by atoms with Gasteiger partial charge in [-0.3, -0.25) is 0 Å². The van der Waals surface area contributed by atoms with E-state index in [2.05, 4.69) is 14.7 Å². The molecule has 0 fully saturated rings. The number of nitrogens with one attached hydrogen (secondary N) is 1. The van der Waals surface area contributed by atoms with Gasteiger partial charge in [-0.05, 0) is 43.2 Å². The SMILES string of the molecule is Cc1nccc(CNS(=O)(=O)c2ccc(C)c(CN)c2)n1. The van der Waals surface area contributed by atoms with Crippen molar-refractivity contribution in [1.82, 2.24) is 14.7 Å². The number of benzene rings is 1. The van der Waals surface area contributed by atoms with Gasteiger partial charge in [-0.2, -0.15) is 0 Å². The molecule has 0 aliphatic carbocycles. The van der Waals surface area contributed by atoms with Crippen LogP contribution in [0.4, 0.5) is 0 Å². The summed E-state index contributed by atoms with van der Waals surface area (Å²) < 4.78 is 27.1. The van der Waals surface area contributed by atoms with Crippen LogP contribution in [0.2, 0.25) is 0 Å². The van der Waals surface area contributed by atoms with Gasteiger partial charge in [0.1, 0.15) is 5.82 Å². The number of sulfonamides is 1. The summed E-state index contributed by atoms with van der Waals surface area (Å²) in [6, 6.07) is 6.60. The Balaban J connectivity index is 2.18. The van der Waals surface area contributed by atoms with Gasteiger partial charge in [-0.25, -0.2) is 23.1 Å². The molecule has 1 heterocycles. The van der Waals surface area contributed by atoms with E-state index in [0.29, 0.717) is 18.1 Å². The smallest absolute Gasteiger partial charge is 0.240 e. The van der Waals surface area contributed by atoms with E-state index in [4.69, 9.17) is 5.73 Å². The minimum atomic E-state index is -3.59. The zero-order valence-corrected chi connectivity index (χ0v) is 12.8. The van der Waals surface area contributed by atoms with Crippen molar-refractivity contribution in [2.75, 3.05) is 0 Å². The van der Waals surface area contributed by atoms with Gasteiger partial charge < -0.3 is 5.73 Å². The quantitative estimate of drug-likeness (QED) is 0.860. The lowest BCUT2D eigenvalue weighted by molar-refractivity contribution is 0.580. The highest BCUT2D eigenvalue weighted by atomic mass is 32.2. The Bertz CT molecular complexity index is 744. The predicted molar refractivity (Wildman–Crippen MR) is 79.9 cm³/mol. The lowest BCUT2D eigenvalue weighted by atomic mass is 10.1. The summed E-state index contributed by atoms with van der Waals surface area (Å²) in [6.07, 6.45) is 1.60. The van der Waals surface area contributed by atoms with Crippen molar-refractivity contribution in [3.05, 3.63) is 53.1 Å². The third-order valence-corrected chi connectivity index (χ3v) is 4.53. The van der Waals surface area contributed by atoms with Crippen LogP contribution < -0.4 is 10.5 Å². The van der Waals surface area contributed by atoms with Gasteiger partial charge in [-0.1, -0.05) is 6.07 Å². The molecule has 21 heavy (non-hydrogen) atoms. The minimum absolute atomic E-state index is 0.123. The van der Waals surface area contributed by atoms with E-state index < -0.39 is 10.0 Å². The summed E-state index contributed by atoms with van der Waals surface area (Å²) in [7, 11) is -3.59. The Kier molecular flexibility index (Phi) is 4.66. The van der Waals surface area contributed by atoms with E-state index in [0.717, 1.165) is 11.1 Å². The van der Waals surface area contributed by atoms with Crippen LogP contribution in [-0.2, 0) is 23.1 Å². The molecule has 1 aromatic heterocycles. The van der Waals surface area contributed by atoms with Gasteiger partial charge in [0.15, 0.2) is 0 Å². The van der Waals surface area contributed by atoms with Crippen LogP contribution in [0.1, 0.15) is 22.6 Å². The first-order valence-electron chi connectivity index (χ1n) is 6.50. The highest BCUT2D eigenvalue weighted by molar-refractivity contribution is 7.89. The summed E-state index contributed by atoms with van der Waals surface area (Å²) >= 11 is 0. The second kappa shape index (κ2) is 6.30. The Morgan fingerprint density at radius 3 is 2.67 bits per heavy atom. The van der Waals surface area contributed by atoms with Crippen LogP contribution in [0.3, 0.4) is 0 Å². The largest absolute Gasteiger partial charge is 0.326 e. The molecule has 0 radical (unpaired) electrons. The predicted octanol–water partition coefficient (Wildman–Crippen LogP) is 1.03. The average Bonchev–Trinajstić information content (AvgIpc) is 2.46. The first-order valence-corrected chi connectivity index (χ1v) is 7.98. The molecule has 112 valence electrons. The molecule has 1 aromatic carbocycles. The zero-order valence-electron chi connectivity index (χ0n) is 12.0. The Morgan fingerprint density at radius 1 is 1.24 bits per heavy atom. The maximum atomic E-state index is 12.3. The molecule has 0 saturated carbocycles. The zero-order chi connectivity index (χ0) is 15.5. The molecule has 3 N–H and O–H groups in total. The van der Waals surface area contributed by atoms with Gasteiger partial charge in [-0.15, -0.1) is 0 Å². The Morgan fingerprint density at radius 2 is 2.00 bits per heavy atom. The summed E-state index contributed by atoms with van der Waals surface area (Å²) in [4.78, 5) is 8.34. The van der Waals surface area contributed by atoms with Gasteiger partial charge in [0.2, 0.25) is 10.0 Å². The topological polar surface area (TPSA) is 98.0 Å².